The molecule has 7 heteroatoms. The van der Waals surface area contributed by atoms with Gasteiger partial charge in [0.05, 0.1) is 26.0 Å². The zero-order valence-electron chi connectivity index (χ0n) is 28.2. The van der Waals surface area contributed by atoms with Crippen molar-refractivity contribution >= 4 is 34.7 Å². The summed E-state index contributed by atoms with van der Waals surface area (Å²) in [5.74, 6) is 0.662. The molecule has 2 aromatic rings. The van der Waals surface area contributed by atoms with Crippen LogP contribution >= 0.6 is 11.6 Å². The Kier molecular flexibility index (Phi) is 30.0. The third-order valence-electron chi connectivity index (χ3n) is 4.17. The summed E-state index contributed by atoms with van der Waals surface area (Å²) in [5, 5.41) is 8.43. The molecule has 0 bridgehead atoms. The molecule has 0 N–H and O–H groups in total. The first-order chi connectivity index (χ1) is 20.2. The first-order valence-electron chi connectivity index (χ1n) is 13.2. The van der Waals surface area contributed by atoms with Crippen molar-refractivity contribution in [1.29, 1.82) is 5.26 Å². The Morgan fingerprint density at radius 3 is 1.23 bits per heavy atom. The summed E-state index contributed by atoms with van der Waals surface area (Å²) in [4.78, 5) is 20.2. The maximum atomic E-state index is 10.2. The van der Waals surface area contributed by atoms with Gasteiger partial charge in [0.15, 0.2) is 0 Å². The minimum atomic E-state index is -0.347. The lowest BCUT2D eigenvalue weighted by Gasteiger charge is -2.01. The van der Waals surface area contributed by atoms with E-state index in [2.05, 4.69) is 80.1 Å². The molecule has 44 heavy (non-hydrogen) atoms. The predicted molar refractivity (Wildman–Crippen MR) is 188 cm³/mol. The van der Waals surface area contributed by atoms with Gasteiger partial charge in [-0.15, -0.1) is 0 Å². The number of carbonyl (C=O) groups excluding carboxylic acids is 2. The summed E-state index contributed by atoms with van der Waals surface area (Å²) < 4.78 is 13.7. The van der Waals surface area contributed by atoms with E-state index in [0.717, 1.165) is 22.5 Å². The monoisotopic (exact) mass is 623 g/mol. The summed E-state index contributed by atoms with van der Waals surface area (Å²) in [6.07, 6.45) is 0. The van der Waals surface area contributed by atoms with Gasteiger partial charge in [0.2, 0.25) is 0 Å². The van der Waals surface area contributed by atoms with Crippen LogP contribution in [0, 0.1) is 18.3 Å². The van der Waals surface area contributed by atoms with Crippen LogP contribution in [0.5, 0.6) is 5.75 Å². The number of ether oxygens (including phenoxy) is 3. The molecule has 0 aromatic heterocycles. The van der Waals surface area contributed by atoms with E-state index in [1.54, 1.807) is 34.8 Å². The van der Waals surface area contributed by atoms with E-state index < -0.39 is 0 Å². The fourth-order valence-corrected chi connectivity index (χ4v) is 2.13. The standard InChI is InChI=1S/C10H12O.C10H12.2C5H8O2.C4H5N.C3H5Cl/c1-8(2)9-4-6-10(11-3)7-5-9;1-8(2)10-6-4-9(3)5-7-10;1-4(2)5(6)7-3;1-4(2)7-5(3)6;1-4(2)3-5;1-3(2)4/h4-7H,1H2,2-3H3;4-7H,1H2,2-3H3;2*1H2,2-3H3;1H2,2H3;1H2,2H3. The van der Waals surface area contributed by atoms with Gasteiger partial charge in [0, 0.05) is 23.1 Å². The van der Waals surface area contributed by atoms with Crippen LogP contribution in [-0.4, -0.2) is 26.2 Å². The average molecular weight is 624 g/mol. The summed E-state index contributed by atoms with van der Waals surface area (Å²) in [7, 11) is 2.99. The van der Waals surface area contributed by atoms with Crippen molar-refractivity contribution < 1.29 is 23.8 Å². The minimum Gasteiger partial charge on any atom is -0.497 e. The van der Waals surface area contributed by atoms with E-state index in [9.17, 15) is 9.59 Å². The number of rotatable bonds is 5. The number of methoxy groups -OCH3 is 2. The van der Waals surface area contributed by atoms with Crippen molar-refractivity contribution in [2.45, 2.75) is 55.4 Å². The highest BCUT2D eigenvalue weighted by Gasteiger charge is 1.95. The largest absolute Gasteiger partial charge is 0.497 e. The van der Waals surface area contributed by atoms with Crippen LogP contribution in [0.25, 0.3) is 11.1 Å². The molecule has 0 heterocycles. The zero-order valence-corrected chi connectivity index (χ0v) is 29.0. The Hall–Kier alpha value is -4.60. The molecule has 240 valence electrons. The van der Waals surface area contributed by atoms with Crippen LogP contribution in [-0.2, 0) is 19.1 Å². The Balaban J connectivity index is -0.000000226. The minimum absolute atomic E-state index is 0.312. The number of aryl methyl sites for hydroxylation is 1. The van der Waals surface area contributed by atoms with Gasteiger partial charge in [-0.1, -0.05) is 104 Å². The molecule has 0 amide bonds. The maximum absolute atomic E-state index is 10.2. The number of nitrogens with zero attached hydrogens (tertiary/aromatic N) is 1. The third kappa shape index (κ3) is 35.4. The number of carbonyl (C=O) groups is 2. The topological polar surface area (TPSA) is 85.6 Å². The summed E-state index contributed by atoms with van der Waals surface area (Å²) in [6, 6.07) is 18.1. The fraction of sp³-hybridized carbons (Fsp3) is 0.270. The molecule has 0 radical (unpaired) electrons. The molecule has 0 unspecified atom stereocenters. The van der Waals surface area contributed by atoms with Gasteiger partial charge in [-0.2, -0.15) is 5.26 Å². The van der Waals surface area contributed by atoms with Crippen molar-refractivity contribution in [3.05, 3.63) is 127 Å². The van der Waals surface area contributed by atoms with Gasteiger partial charge in [-0.3, -0.25) is 4.79 Å². The van der Waals surface area contributed by atoms with Crippen LogP contribution in [0.1, 0.15) is 65.2 Å². The summed E-state index contributed by atoms with van der Waals surface area (Å²) in [5.41, 5.74) is 6.88. The lowest BCUT2D eigenvalue weighted by atomic mass is 10.1. The highest BCUT2D eigenvalue weighted by atomic mass is 35.5. The molecule has 0 aliphatic carbocycles. The van der Waals surface area contributed by atoms with E-state index >= 15 is 0 Å². The SMILES string of the molecule is C=C(C)C#N.C=C(C)C(=O)OC.C=C(C)Cl.C=C(C)OC(C)=O.C=C(C)c1ccc(C)cc1.C=C(C)c1ccc(OC)cc1. The van der Waals surface area contributed by atoms with E-state index in [1.165, 1.54) is 25.2 Å². The van der Waals surface area contributed by atoms with E-state index in [0.29, 0.717) is 21.9 Å². The van der Waals surface area contributed by atoms with Gasteiger partial charge in [-0.25, -0.2) is 4.79 Å². The Morgan fingerprint density at radius 2 is 1.07 bits per heavy atom. The van der Waals surface area contributed by atoms with Crippen LogP contribution in [0.3, 0.4) is 0 Å². The number of allylic oxidation sites excluding steroid dienone is 5. The molecule has 2 rings (SSSR count). The van der Waals surface area contributed by atoms with Crippen LogP contribution < -0.4 is 4.74 Å². The van der Waals surface area contributed by atoms with Crippen LogP contribution in [0.4, 0.5) is 0 Å². The van der Waals surface area contributed by atoms with E-state index in [-0.39, 0.29) is 11.9 Å². The molecular weight excluding hydrogens is 574 g/mol. The normalized spacial score (nSPS) is 8.14. The van der Waals surface area contributed by atoms with Crippen LogP contribution in [0.2, 0.25) is 0 Å². The van der Waals surface area contributed by atoms with E-state index in [1.807, 2.05) is 44.2 Å². The molecule has 6 nitrogen and oxygen atoms in total. The molecule has 0 saturated heterocycles. The van der Waals surface area contributed by atoms with Gasteiger partial charge in [-0.05, 0) is 71.7 Å². The maximum Gasteiger partial charge on any atom is 0.332 e. The Morgan fingerprint density at radius 1 is 0.727 bits per heavy atom. The fourth-order valence-electron chi connectivity index (χ4n) is 2.13. The number of esters is 2. The number of hydrogen-bond acceptors (Lipinski definition) is 6. The number of nitriles is 1. The smallest absolute Gasteiger partial charge is 0.332 e. The molecular formula is C37H50ClNO5. The average Bonchev–Trinajstić information content (AvgIpc) is 2.93. The second kappa shape index (κ2) is 28.5. The second-order valence-corrected chi connectivity index (χ2v) is 9.94. The van der Waals surface area contributed by atoms with Crippen LogP contribution in [0.15, 0.2) is 110 Å². The van der Waals surface area contributed by atoms with Gasteiger partial charge < -0.3 is 14.2 Å². The quantitative estimate of drug-likeness (QED) is 0.142. The highest BCUT2D eigenvalue weighted by molar-refractivity contribution is 6.28. The zero-order chi connectivity index (χ0) is 35.4. The third-order valence-corrected chi connectivity index (χ3v) is 4.17. The number of halogens is 1. The molecule has 0 aliphatic heterocycles. The number of benzene rings is 2. The van der Waals surface area contributed by atoms with E-state index in [4.69, 9.17) is 21.6 Å². The molecule has 2 aromatic carbocycles. The number of hydrogen-bond donors (Lipinski definition) is 0. The highest BCUT2D eigenvalue weighted by Crippen LogP contribution is 2.16. The molecule has 0 atom stereocenters. The predicted octanol–water partition coefficient (Wildman–Crippen LogP) is 10.4. The van der Waals surface area contributed by atoms with Crippen molar-refractivity contribution in [2.24, 2.45) is 0 Å². The molecule has 0 fully saturated rings. The lowest BCUT2D eigenvalue weighted by Crippen LogP contribution is -1.98. The van der Waals surface area contributed by atoms with Gasteiger partial charge >= 0.3 is 11.9 Å². The Bertz CT molecular complexity index is 1250. The first kappa shape index (κ1) is 46.4. The first-order valence-corrected chi connectivity index (χ1v) is 13.6. The summed E-state index contributed by atoms with van der Waals surface area (Å²) in [6.45, 7) is 35.1. The van der Waals surface area contributed by atoms with Gasteiger partial charge in [0.1, 0.15) is 5.75 Å². The van der Waals surface area contributed by atoms with Crippen molar-refractivity contribution in [2.75, 3.05) is 14.2 Å². The lowest BCUT2D eigenvalue weighted by molar-refractivity contribution is -0.137. The Labute approximate surface area is 271 Å². The second-order valence-electron chi connectivity index (χ2n) is 9.29. The molecule has 0 aliphatic rings. The molecule has 0 saturated carbocycles. The van der Waals surface area contributed by atoms with Crippen molar-refractivity contribution in [1.82, 2.24) is 0 Å². The van der Waals surface area contributed by atoms with Crippen molar-refractivity contribution in [3.8, 4) is 11.8 Å². The summed E-state index contributed by atoms with van der Waals surface area (Å²) >= 11 is 5.08. The molecule has 0 spiro atoms. The van der Waals surface area contributed by atoms with Gasteiger partial charge in [0.25, 0.3) is 0 Å². The van der Waals surface area contributed by atoms with Crippen molar-refractivity contribution in [3.63, 3.8) is 0 Å².